The van der Waals surface area contributed by atoms with Gasteiger partial charge >= 0.3 is 0 Å². The number of thiophene rings is 2. The van der Waals surface area contributed by atoms with Gasteiger partial charge in [0.05, 0.1) is 32.8 Å². The highest BCUT2D eigenvalue weighted by Gasteiger charge is 2.24. The Hall–Kier alpha value is -3.02. The highest BCUT2D eigenvalue weighted by atomic mass is 32.1. The molecule has 4 heterocycles. The second-order valence-electron chi connectivity index (χ2n) is 7.42. The van der Waals surface area contributed by atoms with Crippen LogP contribution < -0.4 is 5.32 Å². The lowest BCUT2D eigenvalue weighted by Crippen LogP contribution is -2.13. The van der Waals surface area contributed by atoms with E-state index < -0.39 is 0 Å². The van der Waals surface area contributed by atoms with Gasteiger partial charge in [-0.2, -0.15) is 10.4 Å². The Balaban J connectivity index is 1.62. The normalized spacial score (nSPS) is 13.2. The fourth-order valence-corrected chi connectivity index (χ4v) is 6.04. The molecule has 0 radical (unpaired) electrons. The SMILES string of the molecule is Cc1nn(C)c2nc(-c3cccs3)cc(C(=O)Nc3sc4c(c3C#N)CCCC4)c12. The standard InChI is InChI=1S/C22H19N5OS2/c1-12-19-14(10-16(18-8-5-9-29-18)24-20(19)27(2)26-12)21(28)25-22-15(11-23)13-6-3-4-7-17(13)30-22/h5,8-10H,3-4,6-7H2,1-2H3,(H,25,28). The Bertz CT molecular complexity index is 1320. The third-order valence-corrected chi connectivity index (χ3v) is 7.60. The molecule has 6 nitrogen and oxygen atoms in total. The van der Waals surface area contributed by atoms with Crippen LogP contribution in [0, 0.1) is 18.3 Å². The number of hydrogen-bond donors (Lipinski definition) is 1. The number of fused-ring (bicyclic) bond motifs is 2. The minimum Gasteiger partial charge on any atom is -0.312 e. The maximum atomic E-state index is 13.4. The van der Waals surface area contributed by atoms with Crippen molar-refractivity contribution in [1.82, 2.24) is 14.8 Å². The Morgan fingerprint density at radius 2 is 2.17 bits per heavy atom. The number of nitriles is 1. The summed E-state index contributed by atoms with van der Waals surface area (Å²) in [5.74, 6) is -0.230. The predicted molar refractivity (Wildman–Crippen MR) is 120 cm³/mol. The molecule has 0 fully saturated rings. The van der Waals surface area contributed by atoms with Crippen LogP contribution in [0.4, 0.5) is 5.00 Å². The van der Waals surface area contributed by atoms with Crippen molar-refractivity contribution in [3.05, 3.63) is 50.8 Å². The van der Waals surface area contributed by atoms with Crippen molar-refractivity contribution in [1.29, 1.82) is 5.26 Å². The molecule has 1 N–H and O–H groups in total. The van der Waals surface area contributed by atoms with Crippen molar-refractivity contribution in [3.63, 3.8) is 0 Å². The first-order chi connectivity index (χ1) is 14.6. The van der Waals surface area contributed by atoms with Gasteiger partial charge in [0.25, 0.3) is 5.91 Å². The molecule has 0 atom stereocenters. The summed E-state index contributed by atoms with van der Waals surface area (Å²) in [5.41, 5.74) is 4.44. The summed E-state index contributed by atoms with van der Waals surface area (Å²) in [7, 11) is 1.84. The van der Waals surface area contributed by atoms with Gasteiger partial charge in [0.15, 0.2) is 5.65 Å². The number of anilines is 1. The molecule has 0 unspecified atom stereocenters. The van der Waals surface area contributed by atoms with Crippen molar-refractivity contribution >= 4 is 44.6 Å². The molecule has 4 aromatic heterocycles. The lowest BCUT2D eigenvalue weighted by atomic mass is 9.96. The summed E-state index contributed by atoms with van der Waals surface area (Å²) < 4.78 is 1.71. The first-order valence-electron chi connectivity index (χ1n) is 9.81. The number of aryl methyl sites for hydroxylation is 3. The lowest BCUT2D eigenvalue weighted by molar-refractivity contribution is 0.102. The van der Waals surface area contributed by atoms with E-state index in [0.29, 0.717) is 21.8 Å². The summed E-state index contributed by atoms with van der Waals surface area (Å²) >= 11 is 3.12. The van der Waals surface area contributed by atoms with E-state index in [-0.39, 0.29) is 5.91 Å². The predicted octanol–water partition coefficient (Wildman–Crippen LogP) is 5.07. The number of aromatic nitrogens is 3. The zero-order chi connectivity index (χ0) is 20.8. The van der Waals surface area contributed by atoms with E-state index in [4.69, 9.17) is 4.98 Å². The lowest BCUT2D eigenvalue weighted by Gasteiger charge is -2.09. The zero-order valence-corrected chi connectivity index (χ0v) is 18.3. The average molecular weight is 434 g/mol. The van der Waals surface area contributed by atoms with Crippen LogP contribution in [-0.4, -0.2) is 20.7 Å². The molecule has 1 aliphatic carbocycles. The van der Waals surface area contributed by atoms with Crippen LogP contribution in [0.3, 0.4) is 0 Å². The molecule has 1 aliphatic rings. The maximum absolute atomic E-state index is 13.4. The van der Waals surface area contributed by atoms with Crippen molar-refractivity contribution < 1.29 is 4.79 Å². The molecular formula is C22H19N5OS2. The molecular weight excluding hydrogens is 414 g/mol. The van der Waals surface area contributed by atoms with Gasteiger partial charge in [-0.3, -0.25) is 9.48 Å². The van der Waals surface area contributed by atoms with Crippen LogP contribution in [0.1, 0.15) is 44.9 Å². The maximum Gasteiger partial charge on any atom is 0.257 e. The van der Waals surface area contributed by atoms with E-state index in [1.165, 1.54) is 16.2 Å². The Kier molecular flexibility index (Phi) is 4.65. The van der Waals surface area contributed by atoms with Gasteiger partial charge < -0.3 is 5.32 Å². The van der Waals surface area contributed by atoms with E-state index in [2.05, 4.69) is 16.5 Å². The first-order valence-corrected chi connectivity index (χ1v) is 11.5. The van der Waals surface area contributed by atoms with E-state index >= 15 is 0 Å². The third-order valence-electron chi connectivity index (χ3n) is 5.50. The molecule has 5 rings (SSSR count). The largest absolute Gasteiger partial charge is 0.312 e. The van der Waals surface area contributed by atoms with Gasteiger partial charge in [0.1, 0.15) is 11.1 Å². The van der Waals surface area contributed by atoms with Crippen LogP contribution in [0.15, 0.2) is 23.6 Å². The Labute approximate surface area is 181 Å². The van der Waals surface area contributed by atoms with Gasteiger partial charge in [-0.05, 0) is 55.7 Å². The molecule has 0 saturated carbocycles. The Morgan fingerprint density at radius 3 is 2.93 bits per heavy atom. The van der Waals surface area contributed by atoms with Crippen LogP contribution in [0.5, 0.6) is 0 Å². The molecule has 0 bridgehead atoms. The average Bonchev–Trinajstić information content (AvgIpc) is 3.45. The number of carbonyl (C=O) groups excluding carboxylic acids is 1. The van der Waals surface area contributed by atoms with Gasteiger partial charge in [-0.1, -0.05) is 6.07 Å². The molecule has 150 valence electrons. The monoisotopic (exact) mass is 433 g/mol. The molecule has 30 heavy (non-hydrogen) atoms. The molecule has 0 spiro atoms. The summed E-state index contributed by atoms with van der Waals surface area (Å²) in [6.07, 6.45) is 4.12. The number of amides is 1. The van der Waals surface area contributed by atoms with E-state index in [1.807, 2.05) is 37.6 Å². The fraction of sp³-hybridized carbons (Fsp3) is 0.273. The molecule has 0 aliphatic heterocycles. The Morgan fingerprint density at radius 1 is 1.33 bits per heavy atom. The van der Waals surface area contributed by atoms with Gasteiger partial charge in [-0.15, -0.1) is 22.7 Å². The summed E-state index contributed by atoms with van der Waals surface area (Å²) in [4.78, 5) is 20.4. The van der Waals surface area contributed by atoms with E-state index in [1.54, 1.807) is 16.0 Å². The van der Waals surface area contributed by atoms with Crippen LogP contribution >= 0.6 is 22.7 Å². The van der Waals surface area contributed by atoms with Gasteiger partial charge in [0.2, 0.25) is 0 Å². The molecule has 1 amide bonds. The highest BCUT2D eigenvalue weighted by Crippen LogP contribution is 2.38. The second kappa shape index (κ2) is 7.35. The van der Waals surface area contributed by atoms with Crippen LogP contribution in [0.25, 0.3) is 21.6 Å². The van der Waals surface area contributed by atoms with Crippen LogP contribution in [-0.2, 0) is 19.9 Å². The summed E-state index contributed by atoms with van der Waals surface area (Å²) in [6.45, 7) is 1.89. The summed E-state index contributed by atoms with van der Waals surface area (Å²) in [5, 5.41) is 20.6. The molecule has 8 heteroatoms. The molecule has 0 saturated heterocycles. The smallest absolute Gasteiger partial charge is 0.257 e. The van der Waals surface area contributed by atoms with E-state index in [0.717, 1.165) is 52.9 Å². The highest BCUT2D eigenvalue weighted by molar-refractivity contribution is 7.16. The van der Waals surface area contributed by atoms with Crippen LogP contribution in [0.2, 0.25) is 0 Å². The number of carbonyl (C=O) groups is 1. The topological polar surface area (TPSA) is 83.6 Å². The number of hydrogen-bond acceptors (Lipinski definition) is 6. The molecule has 0 aromatic carbocycles. The van der Waals surface area contributed by atoms with Crippen molar-refractivity contribution in [2.24, 2.45) is 7.05 Å². The quantitative estimate of drug-likeness (QED) is 0.489. The first kappa shape index (κ1) is 19.0. The third kappa shape index (κ3) is 3.02. The van der Waals surface area contributed by atoms with Crippen molar-refractivity contribution in [3.8, 4) is 16.6 Å². The van der Waals surface area contributed by atoms with Crippen molar-refractivity contribution in [2.45, 2.75) is 32.6 Å². The van der Waals surface area contributed by atoms with Crippen molar-refractivity contribution in [2.75, 3.05) is 5.32 Å². The van der Waals surface area contributed by atoms with Gasteiger partial charge in [-0.25, -0.2) is 4.98 Å². The number of pyridine rings is 1. The van der Waals surface area contributed by atoms with Gasteiger partial charge in [0, 0.05) is 11.9 Å². The number of nitrogens with zero attached hydrogens (tertiary/aromatic N) is 4. The minimum atomic E-state index is -0.230. The minimum absolute atomic E-state index is 0.230. The number of nitrogens with one attached hydrogen (secondary N) is 1. The zero-order valence-electron chi connectivity index (χ0n) is 16.7. The number of rotatable bonds is 3. The second-order valence-corrected chi connectivity index (χ2v) is 9.47. The fourth-order valence-electron chi connectivity index (χ4n) is 4.12. The molecule has 4 aromatic rings. The van der Waals surface area contributed by atoms with E-state index in [9.17, 15) is 10.1 Å². The summed E-state index contributed by atoms with van der Waals surface area (Å²) in [6, 6.07) is 8.11.